The van der Waals surface area contributed by atoms with Crippen LogP contribution in [0.5, 0.6) is 0 Å². The molecule has 0 saturated heterocycles. The Hall–Kier alpha value is -1.51. The molecule has 2 nitrogen and oxygen atoms in total. The molecule has 0 fully saturated rings. The van der Waals surface area contributed by atoms with Gasteiger partial charge in [-0.3, -0.25) is 4.90 Å². The minimum Gasteiger partial charge on any atom is -0.398 e. The third kappa shape index (κ3) is 3.28. The van der Waals surface area contributed by atoms with Crippen LogP contribution in [-0.4, -0.2) is 11.9 Å². The van der Waals surface area contributed by atoms with Crippen LogP contribution in [0.2, 0.25) is 5.02 Å². The number of hydrogen-bond acceptors (Lipinski definition) is 2. The van der Waals surface area contributed by atoms with Crippen molar-refractivity contribution in [2.45, 2.75) is 19.5 Å². The van der Waals surface area contributed by atoms with Crippen molar-refractivity contribution < 1.29 is 0 Å². The van der Waals surface area contributed by atoms with E-state index in [-0.39, 0.29) is 6.04 Å². The largest absolute Gasteiger partial charge is 0.398 e. The lowest BCUT2D eigenvalue weighted by molar-refractivity contribution is 0.253. The molecule has 0 aliphatic rings. The number of anilines is 1. The maximum Gasteiger partial charge on any atom is 0.0453 e. The number of nitrogen functional groups attached to an aromatic ring is 1. The molecule has 0 amide bonds. The number of halogens is 1. The second-order valence-electron chi connectivity index (χ2n) is 4.81. The van der Waals surface area contributed by atoms with Gasteiger partial charge in [-0.15, -0.1) is 0 Å². The fraction of sp³-hybridized carbons (Fsp3) is 0.250. The summed E-state index contributed by atoms with van der Waals surface area (Å²) in [6.07, 6.45) is 0. The first kappa shape index (κ1) is 13.9. The highest BCUT2D eigenvalue weighted by Gasteiger charge is 2.15. The SMILES string of the molecule is CC(c1ccccc1Cl)N(C)Cc1ccccc1N. The van der Waals surface area contributed by atoms with Crippen molar-refractivity contribution in [3.63, 3.8) is 0 Å². The molecule has 2 rings (SSSR count). The predicted octanol–water partition coefficient (Wildman–Crippen LogP) is 4.12. The summed E-state index contributed by atoms with van der Waals surface area (Å²) in [6, 6.07) is 16.2. The van der Waals surface area contributed by atoms with Crippen molar-refractivity contribution in [3.05, 3.63) is 64.7 Å². The van der Waals surface area contributed by atoms with Gasteiger partial charge in [-0.2, -0.15) is 0 Å². The van der Waals surface area contributed by atoms with Crippen LogP contribution in [0.4, 0.5) is 5.69 Å². The highest BCUT2D eigenvalue weighted by Crippen LogP contribution is 2.27. The second-order valence-corrected chi connectivity index (χ2v) is 5.22. The Kier molecular flexibility index (Phi) is 4.46. The van der Waals surface area contributed by atoms with E-state index in [0.29, 0.717) is 0 Å². The molecule has 0 aliphatic heterocycles. The lowest BCUT2D eigenvalue weighted by atomic mass is 10.1. The fourth-order valence-electron chi connectivity index (χ4n) is 2.14. The Morgan fingerprint density at radius 2 is 1.74 bits per heavy atom. The van der Waals surface area contributed by atoms with Crippen LogP contribution < -0.4 is 5.73 Å². The highest BCUT2D eigenvalue weighted by atomic mass is 35.5. The Balaban J connectivity index is 2.14. The van der Waals surface area contributed by atoms with E-state index in [9.17, 15) is 0 Å². The summed E-state index contributed by atoms with van der Waals surface area (Å²) in [4.78, 5) is 2.24. The van der Waals surface area contributed by atoms with Crippen molar-refractivity contribution in [3.8, 4) is 0 Å². The lowest BCUT2D eigenvalue weighted by Gasteiger charge is -2.26. The first-order valence-electron chi connectivity index (χ1n) is 6.37. The molecule has 2 aromatic carbocycles. The standard InChI is InChI=1S/C16H19ClN2/c1-12(14-8-4-5-9-15(14)17)19(2)11-13-7-3-6-10-16(13)18/h3-10,12H,11,18H2,1-2H3. The van der Waals surface area contributed by atoms with Gasteiger partial charge in [-0.25, -0.2) is 0 Å². The van der Waals surface area contributed by atoms with E-state index in [4.69, 9.17) is 17.3 Å². The lowest BCUT2D eigenvalue weighted by Crippen LogP contribution is -2.22. The van der Waals surface area contributed by atoms with Crippen LogP contribution in [0.15, 0.2) is 48.5 Å². The first-order chi connectivity index (χ1) is 9.09. The van der Waals surface area contributed by atoms with E-state index in [0.717, 1.165) is 28.4 Å². The van der Waals surface area contributed by atoms with Gasteiger partial charge in [0.2, 0.25) is 0 Å². The molecular formula is C16H19ClN2. The van der Waals surface area contributed by atoms with Crippen LogP contribution >= 0.6 is 11.6 Å². The summed E-state index contributed by atoms with van der Waals surface area (Å²) in [7, 11) is 2.08. The van der Waals surface area contributed by atoms with Crippen LogP contribution in [0.25, 0.3) is 0 Å². The van der Waals surface area contributed by atoms with Gasteiger partial charge >= 0.3 is 0 Å². The minimum absolute atomic E-state index is 0.244. The number of hydrogen-bond donors (Lipinski definition) is 1. The summed E-state index contributed by atoms with van der Waals surface area (Å²) in [6.45, 7) is 2.96. The molecule has 0 bridgehead atoms. The molecule has 1 unspecified atom stereocenters. The quantitative estimate of drug-likeness (QED) is 0.850. The predicted molar refractivity (Wildman–Crippen MR) is 82.2 cm³/mol. The maximum absolute atomic E-state index is 6.25. The Labute approximate surface area is 119 Å². The van der Waals surface area contributed by atoms with Crippen LogP contribution in [0.1, 0.15) is 24.1 Å². The average molecular weight is 275 g/mol. The molecule has 0 spiro atoms. The van der Waals surface area contributed by atoms with Crippen molar-refractivity contribution in [2.24, 2.45) is 0 Å². The van der Waals surface area contributed by atoms with E-state index >= 15 is 0 Å². The molecule has 0 aliphatic carbocycles. The molecule has 0 aromatic heterocycles. The summed E-state index contributed by atoms with van der Waals surface area (Å²) in [5.74, 6) is 0. The second kappa shape index (κ2) is 6.09. The van der Waals surface area contributed by atoms with Gasteiger partial charge in [0.1, 0.15) is 0 Å². The van der Waals surface area contributed by atoms with Gasteiger partial charge in [0.15, 0.2) is 0 Å². The third-order valence-electron chi connectivity index (χ3n) is 3.49. The molecule has 0 heterocycles. The van der Waals surface area contributed by atoms with Gasteiger partial charge < -0.3 is 5.73 Å². The number of benzene rings is 2. The van der Waals surface area contributed by atoms with Crippen molar-refractivity contribution in [1.82, 2.24) is 4.90 Å². The first-order valence-corrected chi connectivity index (χ1v) is 6.75. The van der Waals surface area contributed by atoms with E-state index in [1.54, 1.807) is 0 Å². The van der Waals surface area contributed by atoms with Crippen LogP contribution in [0, 0.1) is 0 Å². The molecular weight excluding hydrogens is 256 g/mol. The Morgan fingerprint density at radius 3 is 2.42 bits per heavy atom. The fourth-order valence-corrected chi connectivity index (χ4v) is 2.43. The normalized spacial score (nSPS) is 12.6. The Morgan fingerprint density at radius 1 is 1.11 bits per heavy atom. The molecule has 3 heteroatoms. The van der Waals surface area contributed by atoms with E-state index in [1.807, 2.05) is 36.4 Å². The monoisotopic (exact) mass is 274 g/mol. The van der Waals surface area contributed by atoms with E-state index in [2.05, 4.69) is 31.0 Å². The summed E-state index contributed by atoms with van der Waals surface area (Å²) in [5, 5.41) is 0.808. The molecule has 100 valence electrons. The molecule has 2 N–H and O–H groups in total. The topological polar surface area (TPSA) is 29.3 Å². The average Bonchev–Trinajstić information content (AvgIpc) is 2.41. The van der Waals surface area contributed by atoms with Crippen LogP contribution in [-0.2, 0) is 6.54 Å². The summed E-state index contributed by atoms with van der Waals surface area (Å²) < 4.78 is 0. The number of nitrogens with zero attached hydrogens (tertiary/aromatic N) is 1. The van der Waals surface area contributed by atoms with Crippen molar-refractivity contribution in [2.75, 3.05) is 12.8 Å². The van der Waals surface area contributed by atoms with Crippen molar-refractivity contribution in [1.29, 1.82) is 0 Å². The maximum atomic E-state index is 6.25. The molecule has 0 radical (unpaired) electrons. The van der Waals surface area contributed by atoms with E-state index in [1.165, 1.54) is 0 Å². The third-order valence-corrected chi connectivity index (χ3v) is 3.84. The van der Waals surface area contributed by atoms with Gasteiger partial charge in [0, 0.05) is 23.3 Å². The zero-order chi connectivity index (χ0) is 13.8. The smallest absolute Gasteiger partial charge is 0.0453 e. The van der Waals surface area contributed by atoms with Gasteiger partial charge in [-0.05, 0) is 37.2 Å². The number of rotatable bonds is 4. The van der Waals surface area contributed by atoms with Gasteiger partial charge in [0.05, 0.1) is 0 Å². The van der Waals surface area contributed by atoms with Gasteiger partial charge in [0.25, 0.3) is 0 Å². The molecule has 0 saturated carbocycles. The molecule has 2 aromatic rings. The van der Waals surface area contributed by atoms with Crippen LogP contribution in [0.3, 0.4) is 0 Å². The van der Waals surface area contributed by atoms with Crippen molar-refractivity contribution >= 4 is 17.3 Å². The molecule has 1 atom stereocenters. The van der Waals surface area contributed by atoms with E-state index < -0.39 is 0 Å². The zero-order valence-corrected chi connectivity index (χ0v) is 12.1. The minimum atomic E-state index is 0.244. The Bertz CT molecular complexity index is 554. The highest BCUT2D eigenvalue weighted by molar-refractivity contribution is 6.31. The number of para-hydroxylation sites is 1. The summed E-state index contributed by atoms with van der Waals surface area (Å²) >= 11 is 6.25. The zero-order valence-electron chi connectivity index (χ0n) is 11.3. The van der Waals surface area contributed by atoms with Gasteiger partial charge in [-0.1, -0.05) is 48.0 Å². The summed E-state index contributed by atoms with van der Waals surface area (Å²) in [5.41, 5.74) is 9.10. The molecule has 19 heavy (non-hydrogen) atoms. The number of nitrogens with two attached hydrogens (primary N) is 1.